The van der Waals surface area contributed by atoms with Gasteiger partial charge in [-0.05, 0) is 27.6 Å². The number of nitrogens with zero attached hydrogens (tertiary/aromatic N) is 2. The van der Waals surface area contributed by atoms with Crippen molar-refractivity contribution < 1.29 is 5.11 Å². The first-order valence-corrected chi connectivity index (χ1v) is 5.39. The molecule has 0 saturated heterocycles. The second-order valence-corrected chi connectivity index (χ2v) is 4.21. The molecule has 4 heteroatoms. The van der Waals surface area contributed by atoms with E-state index in [2.05, 4.69) is 21.0 Å². The van der Waals surface area contributed by atoms with Crippen molar-refractivity contribution in [1.29, 1.82) is 0 Å². The van der Waals surface area contributed by atoms with Crippen molar-refractivity contribution in [1.82, 2.24) is 9.78 Å². The Morgan fingerprint density at radius 1 is 1.47 bits per heavy atom. The summed E-state index contributed by atoms with van der Waals surface area (Å²) in [4.78, 5) is 0. The Morgan fingerprint density at radius 2 is 2.27 bits per heavy atom. The highest BCUT2D eigenvalue weighted by Gasteiger charge is 2.07. The highest BCUT2D eigenvalue weighted by Crippen LogP contribution is 2.26. The zero-order valence-electron chi connectivity index (χ0n) is 8.31. The summed E-state index contributed by atoms with van der Waals surface area (Å²) >= 11 is 3.45. The number of aliphatic hydroxyl groups is 1. The van der Waals surface area contributed by atoms with Crippen molar-refractivity contribution in [2.24, 2.45) is 7.05 Å². The highest BCUT2D eigenvalue weighted by atomic mass is 79.9. The van der Waals surface area contributed by atoms with Gasteiger partial charge in [0.25, 0.3) is 0 Å². The number of hydrogen-bond donors (Lipinski definition) is 1. The number of hydrogen-bond acceptors (Lipinski definition) is 2. The van der Waals surface area contributed by atoms with Crippen LogP contribution in [0.25, 0.3) is 11.3 Å². The third kappa shape index (κ3) is 2.11. The van der Waals surface area contributed by atoms with Crippen LogP contribution in [0, 0.1) is 0 Å². The quantitative estimate of drug-likeness (QED) is 0.906. The molecule has 0 bridgehead atoms. The van der Waals surface area contributed by atoms with Gasteiger partial charge in [0.15, 0.2) is 0 Å². The molecule has 0 aliphatic rings. The number of aryl methyl sites for hydroxylation is 1. The molecule has 1 aromatic heterocycles. The number of aromatic nitrogens is 2. The van der Waals surface area contributed by atoms with Gasteiger partial charge < -0.3 is 5.11 Å². The van der Waals surface area contributed by atoms with E-state index in [1.807, 2.05) is 37.5 Å². The first kappa shape index (κ1) is 10.4. The lowest BCUT2D eigenvalue weighted by atomic mass is 10.1. The standard InChI is InChI=1S/C11H11BrN2O/c1-14-6-10(12)11(13-14)9-4-2-3-8(5-9)7-15/h2-6,15H,7H2,1H3. The molecule has 0 fully saturated rings. The molecule has 0 aliphatic carbocycles. The van der Waals surface area contributed by atoms with Gasteiger partial charge in [0.2, 0.25) is 0 Å². The van der Waals surface area contributed by atoms with Crippen molar-refractivity contribution in [3.05, 3.63) is 40.5 Å². The Bertz CT molecular complexity index is 479. The lowest BCUT2D eigenvalue weighted by Crippen LogP contribution is -1.89. The minimum absolute atomic E-state index is 0.0539. The van der Waals surface area contributed by atoms with E-state index in [0.717, 1.165) is 21.3 Å². The highest BCUT2D eigenvalue weighted by molar-refractivity contribution is 9.10. The van der Waals surface area contributed by atoms with Crippen molar-refractivity contribution in [3.8, 4) is 11.3 Å². The molecule has 0 aliphatic heterocycles. The monoisotopic (exact) mass is 266 g/mol. The van der Waals surface area contributed by atoms with Crippen LogP contribution >= 0.6 is 15.9 Å². The maximum atomic E-state index is 9.05. The molecule has 3 nitrogen and oxygen atoms in total. The van der Waals surface area contributed by atoms with Crippen LogP contribution in [0.15, 0.2) is 34.9 Å². The number of aliphatic hydroxyl groups excluding tert-OH is 1. The van der Waals surface area contributed by atoms with Crippen LogP contribution in [0.2, 0.25) is 0 Å². The zero-order valence-corrected chi connectivity index (χ0v) is 9.90. The first-order chi connectivity index (χ1) is 7.20. The maximum Gasteiger partial charge on any atom is 0.106 e. The van der Waals surface area contributed by atoms with Gasteiger partial charge in [-0.1, -0.05) is 18.2 Å². The van der Waals surface area contributed by atoms with Crippen LogP contribution in [0.5, 0.6) is 0 Å². The molecule has 0 amide bonds. The van der Waals surface area contributed by atoms with Crippen LogP contribution < -0.4 is 0 Å². The van der Waals surface area contributed by atoms with Gasteiger partial charge in [0.05, 0.1) is 11.1 Å². The predicted molar refractivity (Wildman–Crippen MR) is 62.3 cm³/mol. The molecule has 0 unspecified atom stereocenters. The van der Waals surface area contributed by atoms with E-state index in [-0.39, 0.29) is 6.61 Å². The maximum absolute atomic E-state index is 9.05. The molecule has 2 rings (SSSR count). The first-order valence-electron chi connectivity index (χ1n) is 4.60. The van der Waals surface area contributed by atoms with Gasteiger partial charge in [-0.3, -0.25) is 4.68 Å². The SMILES string of the molecule is Cn1cc(Br)c(-c2cccc(CO)c2)n1. The summed E-state index contributed by atoms with van der Waals surface area (Å²) < 4.78 is 2.71. The fourth-order valence-corrected chi connectivity index (χ4v) is 2.08. The average molecular weight is 267 g/mol. The zero-order chi connectivity index (χ0) is 10.8. The summed E-state index contributed by atoms with van der Waals surface area (Å²) in [7, 11) is 1.88. The Balaban J connectivity index is 2.49. The van der Waals surface area contributed by atoms with Crippen molar-refractivity contribution in [2.75, 3.05) is 0 Å². The number of halogens is 1. The van der Waals surface area contributed by atoms with E-state index in [0.29, 0.717) is 0 Å². The van der Waals surface area contributed by atoms with E-state index >= 15 is 0 Å². The molecule has 15 heavy (non-hydrogen) atoms. The lowest BCUT2D eigenvalue weighted by Gasteiger charge is -2.00. The lowest BCUT2D eigenvalue weighted by molar-refractivity contribution is 0.282. The summed E-state index contributed by atoms with van der Waals surface area (Å²) in [6.45, 7) is 0.0539. The van der Waals surface area contributed by atoms with Crippen LogP contribution in [-0.4, -0.2) is 14.9 Å². The molecule has 1 aromatic carbocycles. The minimum atomic E-state index is 0.0539. The van der Waals surface area contributed by atoms with Crippen molar-refractivity contribution >= 4 is 15.9 Å². The summed E-state index contributed by atoms with van der Waals surface area (Å²) in [5, 5.41) is 13.4. The predicted octanol–water partition coefficient (Wildman–Crippen LogP) is 2.34. The van der Waals surface area contributed by atoms with Crippen molar-refractivity contribution in [2.45, 2.75) is 6.61 Å². The van der Waals surface area contributed by atoms with Gasteiger partial charge in [0.1, 0.15) is 5.69 Å². The van der Waals surface area contributed by atoms with Gasteiger partial charge in [-0.25, -0.2) is 0 Å². The Labute approximate surface area is 96.5 Å². The smallest absolute Gasteiger partial charge is 0.106 e. The second-order valence-electron chi connectivity index (χ2n) is 3.36. The molecule has 0 spiro atoms. The molecule has 78 valence electrons. The van der Waals surface area contributed by atoms with Crippen LogP contribution in [0.3, 0.4) is 0 Å². The van der Waals surface area contributed by atoms with Gasteiger partial charge in [-0.15, -0.1) is 0 Å². The minimum Gasteiger partial charge on any atom is -0.392 e. The molecule has 0 radical (unpaired) electrons. The molecular formula is C11H11BrN2O. The van der Waals surface area contributed by atoms with E-state index in [1.165, 1.54) is 0 Å². The normalized spacial score (nSPS) is 10.6. The topological polar surface area (TPSA) is 38.0 Å². The van der Waals surface area contributed by atoms with E-state index < -0.39 is 0 Å². The Hall–Kier alpha value is -1.13. The van der Waals surface area contributed by atoms with Gasteiger partial charge >= 0.3 is 0 Å². The third-order valence-electron chi connectivity index (χ3n) is 2.17. The Morgan fingerprint density at radius 3 is 2.87 bits per heavy atom. The fraction of sp³-hybridized carbons (Fsp3) is 0.182. The van der Waals surface area contributed by atoms with Crippen molar-refractivity contribution in [3.63, 3.8) is 0 Å². The van der Waals surface area contributed by atoms with Crippen LogP contribution in [0.1, 0.15) is 5.56 Å². The molecule has 1 heterocycles. The second kappa shape index (κ2) is 4.16. The third-order valence-corrected chi connectivity index (χ3v) is 2.75. The average Bonchev–Trinajstić information content (AvgIpc) is 2.58. The molecule has 1 N–H and O–H groups in total. The van der Waals surface area contributed by atoms with Gasteiger partial charge in [0, 0.05) is 18.8 Å². The molecule has 0 atom stereocenters. The van der Waals surface area contributed by atoms with Crippen LogP contribution in [0.4, 0.5) is 0 Å². The summed E-state index contributed by atoms with van der Waals surface area (Å²) in [5.41, 5.74) is 2.80. The molecule has 2 aromatic rings. The fourth-order valence-electron chi connectivity index (χ4n) is 1.47. The largest absolute Gasteiger partial charge is 0.392 e. The van der Waals surface area contributed by atoms with Crippen LogP contribution in [-0.2, 0) is 13.7 Å². The summed E-state index contributed by atoms with van der Waals surface area (Å²) in [6.07, 6.45) is 1.90. The van der Waals surface area contributed by atoms with E-state index in [1.54, 1.807) is 4.68 Å². The van der Waals surface area contributed by atoms with E-state index in [4.69, 9.17) is 5.11 Å². The van der Waals surface area contributed by atoms with E-state index in [9.17, 15) is 0 Å². The van der Waals surface area contributed by atoms with Gasteiger partial charge in [-0.2, -0.15) is 5.10 Å². The molecular weight excluding hydrogens is 256 g/mol. The number of benzene rings is 1. The summed E-state index contributed by atoms with van der Waals surface area (Å²) in [5.74, 6) is 0. The summed E-state index contributed by atoms with van der Waals surface area (Å²) in [6, 6.07) is 7.72. The molecule has 0 saturated carbocycles. The Kier molecular flexibility index (Phi) is 2.88. The number of rotatable bonds is 2.